The van der Waals surface area contributed by atoms with Crippen molar-refractivity contribution in [3.8, 4) is 0 Å². The lowest BCUT2D eigenvalue weighted by molar-refractivity contribution is -0.144. The van der Waals surface area contributed by atoms with Crippen LogP contribution in [0.1, 0.15) is 31.9 Å². The predicted molar refractivity (Wildman–Crippen MR) is 74.6 cm³/mol. The van der Waals surface area contributed by atoms with Gasteiger partial charge in [-0.2, -0.15) is 0 Å². The third-order valence-corrected chi connectivity index (χ3v) is 3.58. The van der Waals surface area contributed by atoms with Crippen LogP contribution >= 0.6 is 0 Å². The zero-order chi connectivity index (χ0) is 13.8. The molecule has 0 aromatic heterocycles. The van der Waals surface area contributed by atoms with Crippen LogP contribution in [0.15, 0.2) is 30.3 Å². The summed E-state index contributed by atoms with van der Waals surface area (Å²) in [6, 6.07) is 9.77. The number of carbonyl (C=O) groups excluding carboxylic acids is 1. The lowest BCUT2D eigenvalue weighted by Gasteiger charge is -2.39. The van der Waals surface area contributed by atoms with Gasteiger partial charge in [0, 0.05) is 12.5 Å². The molecule has 19 heavy (non-hydrogen) atoms. The smallest absolute Gasteiger partial charge is 0.225 e. The van der Waals surface area contributed by atoms with Gasteiger partial charge in [0.05, 0.1) is 25.3 Å². The molecule has 4 nitrogen and oxygen atoms in total. The van der Waals surface area contributed by atoms with E-state index in [2.05, 4.69) is 0 Å². The molecule has 1 aliphatic heterocycles. The molecule has 1 saturated heterocycles. The van der Waals surface area contributed by atoms with Crippen LogP contribution in [0.2, 0.25) is 0 Å². The third-order valence-electron chi connectivity index (χ3n) is 3.58. The van der Waals surface area contributed by atoms with Crippen LogP contribution in [0.3, 0.4) is 0 Å². The largest absolute Gasteiger partial charge is 0.377 e. The number of morpholine rings is 1. The highest BCUT2D eigenvalue weighted by molar-refractivity contribution is 5.77. The summed E-state index contributed by atoms with van der Waals surface area (Å²) < 4.78 is 5.44. The van der Waals surface area contributed by atoms with E-state index < -0.39 is 0 Å². The summed E-state index contributed by atoms with van der Waals surface area (Å²) in [6.07, 6.45) is 0.346. The van der Waals surface area contributed by atoms with Gasteiger partial charge in [-0.25, -0.2) is 0 Å². The van der Waals surface area contributed by atoms with Gasteiger partial charge >= 0.3 is 0 Å². The van der Waals surface area contributed by atoms with Crippen LogP contribution in [0, 0.1) is 0 Å². The normalized spacial score (nSPS) is 25.1. The molecule has 3 atom stereocenters. The first kappa shape index (κ1) is 14.0. The van der Waals surface area contributed by atoms with Crippen molar-refractivity contribution in [3.05, 3.63) is 35.9 Å². The zero-order valence-electron chi connectivity index (χ0n) is 11.6. The van der Waals surface area contributed by atoms with E-state index in [-0.39, 0.29) is 24.0 Å². The van der Waals surface area contributed by atoms with Gasteiger partial charge < -0.3 is 15.4 Å². The van der Waals surface area contributed by atoms with Crippen molar-refractivity contribution >= 4 is 5.91 Å². The lowest BCUT2D eigenvalue weighted by atomic mass is 10.0. The SMILES string of the molecule is C[C@@H]1COC[C@H](C)N1C(=O)C[C@@H](N)c1ccccc1. The minimum Gasteiger partial charge on any atom is -0.377 e. The van der Waals surface area contributed by atoms with Gasteiger partial charge in [0.25, 0.3) is 0 Å². The van der Waals surface area contributed by atoms with E-state index >= 15 is 0 Å². The van der Waals surface area contributed by atoms with Gasteiger partial charge in [-0.1, -0.05) is 30.3 Å². The Hall–Kier alpha value is -1.39. The first-order chi connectivity index (χ1) is 9.09. The van der Waals surface area contributed by atoms with Crippen molar-refractivity contribution in [2.45, 2.75) is 38.4 Å². The summed E-state index contributed by atoms with van der Waals surface area (Å²) in [5.74, 6) is 0.111. The van der Waals surface area contributed by atoms with Crippen molar-refractivity contribution in [3.63, 3.8) is 0 Å². The summed E-state index contributed by atoms with van der Waals surface area (Å²) in [5, 5.41) is 0. The maximum absolute atomic E-state index is 12.4. The molecule has 104 valence electrons. The van der Waals surface area contributed by atoms with Crippen LogP contribution in [0.5, 0.6) is 0 Å². The topological polar surface area (TPSA) is 55.6 Å². The molecule has 1 aromatic carbocycles. The Bertz CT molecular complexity index is 411. The number of rotatable bonds is 3. The minimum absolute atomic E-state index is 0.111. The summed E-state index contributed by atoms with van der Waals surface area (Å²) in [7, 11) is 0. The summed E-state index contributed by atoms with van der Waals surface area (Å²) in [4.78, 5) is 14.3. The van der Waals surface area contributed by atoms with Crippen LogP contribution in [0.4, 0.5) is 0 Å². The Morgan fingerprint density at radius 3 is 2.47 bits per heavy atom. The standard InChI is InChI=1S/C15H22N2O2/c1-11-9-19-10-12(2)17(11)15(18)8-14(16)13-6-4-3-5-7-13/h3-7,11-12,14H,8-10,16H2,1-2H3/t11-,12+,14-/m1/s1. The quantitative estimate of drug-likeness (QED) is 0.902. The van der Waals surface area contributed by atoms with Crippen molar-refractivity contribution < 1.29 is 9.53 Å². The Morgan fingerprint density at radius 2 is 1.89 bits per heavy atom. The van der Waals surface area contributed by atoms with E-state index in [1.165, 1.54) is 0 Å². The highest BCUT2D eigenvalue weighted by atomic mass is 16.5. The average molecular weight is 262 g/mol. The van der Waals surface area contributed by atoms with Crippen molar-refractivity contribution in [2.75, 3.05) is 13.2 Å². The number of carbonyl (C=O) groups is 1. The number of ether oxygens (including phenoxy) is 1. The molecule has 1 amide bonds. The van der Waals surface area contributed by atoms with Crippen LogP contribution < -0.4 is 5.73 Å². The number of hydrogen-bond acceptors (Lipinski definition) is 3. The molecule has 0 spiro atoms. The second-order valence-corrected chi connectivity index (χ2v) is 5.26. The molecule has 0 radical (unpaired) electrons. The number of hydrogen-bond donors (Lipinski definition) is 1. The molecular weight excluding hydrogens is 240 g/mol. The monoisotopic (exact) mass is 262 g/mol. The molecule has 1 heterocycles. The first-order valence-electron chi connectivity index (χ1n) is 6.79. The van der Waals surface area contributed by atoms with Gasteiger partial charge in [-0.3, -0.25) is 4.79 Å². The Morgan fingerprint density at radius 1 is 1.32 bits per heavy atom. The molecule has 4 heteroatoms. The average Bonchev–Trinajstić information content (AvgIpc) is 2.39. The van der Waals surface area contributed by atoms with Gasteiger partial charge in [0.15, 0.2) is 0 Å². The van der Waals surface area contributed by atoms with Crippen molar-refractivity contribution in [2.24, 2.45) is 5.73 Å². The van der Waals surface area contributed by atoms with Gasteiger partial charge in [-0.05, 0) is 19.4 Å². The van der Waals surface area contributed by atoms with E-state index in [1.54, 1.807) is 0 Å². The molecule has 0 bridgehead atoms. The molecule has 2 rings (SSSR count). The van der Waals surface area contributed by atoms with E-state index in [0.717, 1.165) is 5.56 Å². The Labute approximate surface area is 114 Å². The van der Waals surface area contributed by atoms with Crippen LogP contribution in [0.25, 0.3) is 0 Å². The maximum atomic E-state index is 12.4. The lowest BCUT2D eigenvalue weighted by Crippen LogP contribution is -2.52. The van der Waals surface area contributed by atoms with E-state index in [0.29, 0.717) is 19.6 Å². The fourth-order valence-electron chi connectivity index (χ4n) is 2.61. The molecule has 0 aliphatic carbocycles. The van der Waals surface area contributed by atoms with Gasteiger partial charge in [0.1, 0.15) is 0 Å². The van der Waals surface area contributed by atoms with Gasteiger partial charge in [0.2, 0.25) is 5.91 Å². The second kappa shape index (κ2) is 6.17. The third kappa shape index (κ3) is 3.33. The van der Waals surface area contributed by atoms with E-state index in [4.69, 9.17) is 10.5 Å². The number of nitrogens with two attached hydrogens (primary N) is 1. The molecule has 1 fully saturated rings. The molecule has 1 aliphatic rings. The van der Waals surface area contributed by atoms with Crippen molar-refractivity contribution in [1.29, 1.82) is 0 Å². The highest BCUT2D eigenvalue weighted by Gasteiger charge is 2.30. The fourth-order valence-corrected chi connectivity index (χ4v) is 2.61. The highest BCUT2D eigenvalue weighted by Crippen LogP contribution is 2.19. The van der Waals surface area contributed by atoms with Crippen molar-refractivity contribution in [1.82, 2.24) is 4.90 Å². The predicted octanol–water partition coefficient (Wildman–Crippen LogP) is 1.71. The molecule has 0 unspecified atom stereocenters. The maximum Gasteiger partial charge on any atom is 0.225 e. The number of amides is 1. The van der Waals surface area contributed by atoms with Gasteiger partial charge in [-0.15, -0.1) is 0 Å². The van der Waals surface area contributed by atoms with E-state index in [1.807, 2.05) is 49.1 Å². The van der Waals surface area contributed by atoms with Crippen LogP contribution in [-0.4, -0.2) is 36.1 Å². The Balaban J connectivity index is 2.00. The van der Waals surface area contributed by atoms with Crippen LogP contribution in [-0.2, 0) is 9.53 Å². The molecular formula is C15H22N2O2. The second-order valence-electron chi connectivity index (χ2n) is 5.26. The summed E-state index contributed by atoms with van der Waals surface area (Å²) in [6.45, 7) is 5.25. The minimum atomic E-state index is -0.240. The molecule has 2 N–H and O–H groups in total. The Kier molecular flexibility index (Phi) is 4.56. The molecule has 1 aromatic rings. The fraction of sp³-hybridized carbons (Fsp3) is 0.533. The molecule has 0 saturated carbocycles. The summed E-state index contributed by atoms with van der Waals surface area (Å²) in [5.41, 5.74) is 7.12. The van der Waals surface area contributed by atoms with E-state index in [9.17, 15) is 4.79 Å². The number of benzene rings is 1. The first-order valence-corrected chi connectivity index (χ1v) is 6.79. The zero-order valence-corrected chi connectivity index (χ0v) is 11.6. The number of nitrogens with zero attached hydrogens (tertiary/aromatic N) is 1. The summed E-state index contributed by atoms with van der Waals surface area (Å²) >= 11 is 0.